The topological polar surface area (TPSA) is 78.0 Å². The fourth-order valence-corrected chi connectivity index (χ4v) is 2.06. The molecule has 3 N–H and O–H groups in total. The van der Waals surface area contributed by atoms with Crippen LogP contribution in [0.4, 0.5) is 0 Å². The van der Waals surface area contributed by atoms with Crippen LogP contribution in [0.25, 0.3) is 11.4 Å². The zero-order valence-electron chi connectivity index (χ0n) is 13.4. The van der Waals surface area contributed by atoms with Crippen LogP contribution in [-0.4, -0.2) is 34.2 Å². The van der Waals surface area contributed by atoms with E-state index >= 15 is 0 Å². The molecular formula is C15H22BrIN6. The first-order valence-corrected chi connectivity index (χ1v) is 8.06. The molecule has 1 aromatic heterocycles. The standard InChI is InChI=1S/C15H21BrN6.HI/c1-4-10(2)19-15(17-3)18-9-13-20-14(22-21-13)11-5-7-12(16)8-6-11;/h5-8,10H,4,9H2,1-3H3,(H2,17,18,19)(H,20,21,22);1H. The van der Waals surface area contributed by atoms with E-state index in [0.29, 0.717) is 18.4 Å². The molecule has 126 valence electrons. The summed E-state index contributed by atoms with van der Waals surface area (Å²) in [5, 5.41) is 13.7. The van der Waals surface area contributed by atoms with Crippen LogP contribution in [0.3, 0.4) is 0 Å². The minimum atomic E-state index is 0. The Labute approximate surface area is 162 Å². The van der Waals surface area contributed by atoms with Crippen LogP contribution >= 0.6 is 39.9 Å². The highest BCUT2D eigenvalue weighted by atomic mass is 127. The van der Waals surface area contributed by atoms with Crippen LogP contribution in [0.1, 0.15) is 26.1 Å². The Hall–Kier alpha value is -1.16. The van der Waals surface area contributed by atoms with E-state index in [9.17, 15) is 0 Å². The number of guanidine groups is 1. The molecule has 1 unspecified atom stereocenters. The lowest BCUT2D eigenvalue weighted by atomic mass is 10.2. The first-order chi connectivity index (χ1) is 10.6. The molecule has 0 saturated carbocycles. The van der Waals surface area contributed by atoms with Crippen LogP contribution in [-0.2, 0) is 6.54 Å². The van der Waals surface area contributed by atoms with Gasteiger partial charge in [-0.05, 0) is 25.5 Å². The van der Waals surface area contributed by atoms with Crippen LogP contribution in [0.2, 0.25) is 0 Å². The lowest BCUT2D eigenvalue weighted by molar-refractivity contribution is 0.622. The summed E-state index contributed by atoms with van der Waals surface area (Å²) in [4.78, 5) is 8.68. The van der Waals surface area contributed by atoms with E-state index < -0.39 is 0 Å². The largest absolute Gasteiger partial charge is 0.354 e. The van der Waals surface area contributed by atoms with Gasteiger partial charge in [0.1, 0.15) is 5.82 Å². The minimum Gasteiger partial charge on any atom is -0.354 e. The van der Waals surface area contributed by atoms with E-state index in [1.165, 1.54) is 0 Å². The Bertz CT molecular complexity index is 625. The Kier molecular flexibility index (Phi) is 8.53. The van der Waals surface area contributed by atoms with Gasteiger partial charge in [0.05, 0.1) is 6.54 Å². The van der Waals surface area contributed by atoms with Crippen molar-refractivity contribution in [2.45, 2.75) is 32.9 Å². The number of hydrogen-bond donors (Lipinski definition) is 3. The van der Waals surface area contributed by atoms with Crippen molar-refractivity contribution < 1.29 is 0 Å². The smallest absolute Gasteiger partial charge is 0.191 e. The van der Waals surface area contributed by atoms with Crippen molar-refractivity contribution in [1.82, 2.24) is 25.8 Å². The van der Waals surface area contributed by atoms with Crippen LogP contribution in [0, 0.1) is 0 Å². The molecule has 23 heavy (non-hydrogen) atoms. The zero-order chi connectivity index (χ0) is 15.9. The number of hydrogen-bond acceptors (Lipinski definition) is 3. The molecular weight excluding hydrogens is 471 g/mol. The number of aromatic nitrogens is 3. The van der Waals surface area contributed by atoms with E-state index in [-0.39, 0.29) is 24.0 Å². The summed E-state index contributed by atoms with van der Waals surface area (Å²) in [6, 6.07) is 8.28. The number of benzene rings is 1. The monoisotopic (exact) mass is 492 g/mol. The molecule has 1 heterocycles. The van der Waals surface area contributed by atoms with Crippen molar-refractivity contribution in [3.8, 4) is 11.4 Å². The summed E-state index contributed by atoms with van der Waals surface area (Å²) in [7, 11) is 1.76. The summed E-state index contributed by atoms with van der Waals surface area (Å²) in [5.74, 6) is 2.22. The highest BCUT2D eigenvalue weighted by Gasteiger charge is 2.07. The van der Waals surface area contributed by atoms with Gasteiger partial charge in [-0.25, -0.2) is 4.98 Å². The average molecular weight is 493 g/mol. The van der Waals surface area contributed by atoms with E-state index in [0.717, 1.165) is 28.2 Å². The van der Waals surface area contributed by atoms with Crippen molar-refractivity contribution in [2.24, 2.45) is 4.99 Å². The number of nitrogens with one attached hydrogen (secondary N) is 3. The lowest BCUT2D eigenvalue weighted by Gasteiger charge is -2.15. The normalized spacial score (nSPS) is 12.4. The van der Waals surface area contributed by atoms with Crippen molar-refractivity contribution in [3.63, 3.8) is 0 Å². The van der Waals surface area contributed by atoms with E-state index in [1.807, 2.05) is 24.3 Å². The van der Waals surface area contributed by atoms with Crippen molar-refractivity contribution in [3.05, 3.63) is 34.6 Å². The molecule has 8 heteroatoms. The molecule has 0 saturated heterocycles. The Morgan fingerprint density at radius 3 is 2.65 bits per heavy atom. The SMILES string of the molecule is CCC(C)NC(=NC)NCc1nc(-c2ccc(Br)cc2)n[nH]1.I. The molecule has 1 atom stereocenters. The van der Waals surface area contributed by atoms with Gasteiger partial charge in [0.2, 0.25) is 0 Å². The third kappa shape index (κ3) is 6.09. The quantitative estimate of drug-likeness (QED) is 0.340. The highest BCUT2D eigenvalue weighted by Crippen LogP contribution is 2.18. The summed E-state index contributed by atoms with van der Waals surface area (Å²) in [6.45, 7) is 4.79. The number of aromatic amines is 1. The third-order valence-corrected chi connectivity index (χ3v) is 3.81. The summed E-state index contributed by atoms with van der Waals surface area (Å²) in [6.07, 6.45) is 1.04. The van der Waals surface area contributed by atoms with Gasteiger partial charge in [-0.3, -0.25) is 10.1 Å². The maximum Gasteiger partial charge on any atom is 0.191 e. The fourth-order valence-electron chi connectivity index (χ4n) is 1.80. The van der Waals surface area contributed by atoms with Gasteiger partial charge in [0.25, 0.3) is 0 Å². The molecule has 1 aromatic carbocycles. The molecule has 0 bridgehead atoms. The predicted octanol–water partition coefficient (Wildman–Crippen LogP) is 3.32. The number of nitrogens with zero attached hydrogens (tertiary/aromatic N) is 3. The first-order valence-electron chi connectivity index (χ1n) is 7.26. The minimum absolute atomic E-state index is 0. The molecule has 6 nitrogen and oxygen atoms in total. The molecule has 0 radical (unpaired) electrons. The molecule has 0 aliphatic rings. The van der Waals surface area contributed by atoms with E-state index in [2.05, 4.69) is 60.6 Å². The van der Waals surface area contributed by atoms with Crippen molar-refractivity contribution in [1.29, 1.82) is 0 Å². The summed E-state index contributed by atoms with van der Waals surface area (Å²) < 4.78 is 1.04. The van der Waals surface area contributed by atoms with Crippen LogP contribution in [0.15, 0.2) is 33.7 Å². The van der Waals surface area contributed by atoms with Gasteiger partial charge >= 0.3 is 0 Å². The molecule has 0 spiro atoms. The predicted molar refractivity (Wildman–Crippen MR) is 108 cm³/mol. The van der Waals surface area contributed by atoms with Gasteiger partial charge in [-0.1, -0.05) is 35.0 Å². The van der Waals surface area contributed by atoms with Crippen molar-refractivity contribution in [2.75, 3.05) is 7.05 Å². The van der Waals surface area contributed by atoms with Crippen LogP contribution in [0.5, 0.6) is 0 Å². The average Bonchev–Trinajstić information content (AvgIpc) is 3.00. The second-order valence-corrected chi connectivity index (χ2v) is 5.91. The second kappa shape index (κ2) is 9.86. The lowest BCUT2D eigenvalue weighted by Crippen LogP contribution is -2.41. The fraction of sp³-hybridized carbons (Fsp3) is 0.400. The second-order valence-electron chi connectivity index (χ2n) is 4.99. The molecule has 0 amide bonds. The van der Waals surface area contributed by atoms with Gasteiger partial charge in [0.15, 0.2) is 11.8 Å². The van der Waals surface area contributed by atoms with Gasteiger partial charge < -0.3 is 10.6 Å². The number of aliphatic imine (C=N–C) groups is 1. The molecule has 2 aromatic rings. The third-order valence-electron chi connectivity index (χ3n) is 3.28. The van der Waals surface area contributed by atoms with Gasteiger partial charge in [-0.2, -0.15) is 5.10 Å². The van der Waals surface area contributed by atoms with Gasteiger partial charge in [0, 0.05) is 23.1 Å². The van der Waals surface area contributed by atoms with Crippen LogP contribution < -0.4 is 10.6 Å². The van der Waals surface area contributed by atoms with E-state index in [4.69, 9.17) is 0 Å². The highest BCUT2D eigenvalue weighted by molar-refractivity contribution is 14.0. The molecule has 2 rings (SSSR count). The Morgan fingerprint density at radius 1 is 1.35 bits per heavy atom. The molecule has 0 aliphatic carbocycles. The Balaban J connectivity index is 0.00000264. The van der Waals surface area contributed by atoms with Crippen molar-refractivity contribution >= 4 is 45.9 Å². The molecule has 0 aliphatic heterocycles. The maximum atomic E-state index is 4.49. The first kappa shape index (κ1) is 19.9. The summed E-state index contributed by atoms with van der Waals surface area (Å²) in [5.41, 5.74) is 0.979. The number of H-pyrrole nitrogens is 1. The van der Waals surface area contributed by atoms with Gasteiger partial charge in [-0.15, -0.1) is 24.0 Å². The number of rotatable bonds is 5. The molecule has 0 fully saturated rings. The Morgan fingerprint density at radius 2 is 2.04 bits per heavy atom. The maximum absolute atomic E-state index is 4.49. The summed E-state index contributed by atoms with van der Waals surface area (Å²) >= 11 is 3.42. The number of halogens is 2. The zero-order valence-corrected chi connectivity index (χ0v) is 17.3. The van der Waals surface area contributed by atoms with E-state index in [1.54, 1.807) is 7.05 Å².